The molecular formula is C21H24N2O5. The number of methoxy groups -OCH3 is 1. The molecule has 28 heavy (non-hydrogen) atoms. The van der Waals surface area contributed by atoms with E-state index in [4.69, 9.17) is 18.9 Å². The number of carbonyl (C=O) groups is 1. The summed E-state index contributed by atoms with van der Waals surface area (Å²) in [5.41, 5.74) is 1.79. The van der Waals surface area contributed by atoms with Crippen LogP contribution in [0.4, 0.5) is 10.5 Å². The van der Waals surface area contributed by atoms with Crippen molar-refractivity contribution >= 4 is 11.7 Å². The molecule has 2 aliphatic rings. The first kappa shape index (κ1) is 18.7. The van der Waals surface area contributed by atoms with E-state index in [1.54, 1.807) is 31.4 Å². The first-order chi connectivity index (χ1) is 13.7. The van der Waals surface area contributed by atoms with Crippen LogP contribution in [0, 0.1) is 0 Å². The number of nitrogens with one attached hydrogen (secondary N) is 2. The van der Waals surface area contributed by atoms with Gasteiger partial charge in [0, 0.05) is 5.69 Å². The number of anilines is 1. The topological polar surface area (TPSA) is 78.1 Å². The summed E-state index contributed by atoms with van der Waals surface area (Å²) < 4.78 is 22.8. The van der Waals surface area contributed by atoms with Crippen molar-refractivity contribution in [1.29, 1.82) is 0 Å². The first-order valence-electron chi connectivity index (χ1n) is 9.33. The molecular weight excluding hydrogens is 360 g/mol. The second-order valence-corrected chi connectivity index (χ2v) is 6.86. The first-order valence-corrected chi connectivity index (χ1v) is 9.33. The van der Waals surface area contributed by atoms with Crippen LogP contribution in [-0.4, -0.2) is 50.7 Å². The third-order valence-corrected chi connectivity index (χ3v) is 4.98. The fourth-order valence-corrected chi connectivity index (χ4v) is 3.52. The quantitative estimate of drug-likeness (QED) is 0.800. The highest BCUT2D eigenvalue weighted by molar-refractivity contribution is 5.89. The predicted octanol–water partition coefficient (Wildman–Crippen LogP) is 2.57. The molecule has 7 heteroatoms. The Morgan fingerprint density at radius 1 is 1.04 bits per heavy atom. The Morgan fingerprint density at radius 2 is 1.79 bits per heavy atom. The van der Waals surface area contributed by atoms with Crippen molar-refractivity contribution in [3.05, 3.63) is 60.2 Å². The van der Waals surface area contributed by atoms with Gasteiger partial charge in [-0.25, -0.2) is 4.79 Å². The minimum Gasteiger partial charge on any atom is -0.497 e. The number of ether oxygens (including phenoxy) is 4. The van der Waals surface area contributed by atoms with E-state index in [0.717, 1.165) is 11.3 Å². The zero-order valence-electron chi connectivity index (χ0n) is 15.7. The number of hydrogen-bond donors (Lipinski definition) is 2. The standard InChI is InChI=1S/C21H24N2O5/c1-25-16-9-7-15(8-10-16)22-21(24)23-17-12-27-20-18(13-28-19(17)20)26-11-14-5-3-2-4-6-14/h2-10,17-20H,11-13H2,1H3,(H2,22,23,24). The van der Waals surface area contributed by atoms with Crippen LogP contribution >= 0.6 is 0 Å². The third-order valence-electron chi connectivity index (χ3n) is 4.98. The number of urea groups is 1. The van der Waals surface area contributed by atoms with Crippen LogP contribution in [0.3, 0.4) is 0 Å². The highest BCUT2D eigenvalue weighted by Gasteiger charge is 2.48. The van der Waals surface area contributed by atoms with Gasteiger partial charge in [-0.2, -0.15) is 0 Å². The van der Waals surface area contributed by atoms with E-state index >= 15 is 0 Å². The van der Waals surface area contributed by atoms with Crippen molar-refractivity contribution in [3.63, 3.8) is 0 Å². The number of carbonyl (C=O) groups excluding carboxylic acids is 1. The van der Waals surface area contributed by atoms with E-state index < -0.39 is 0 Å². The SMILES string of the molecule is COc1ccc(NC(=O)NC2COC3C(OCc4ccccc4)COC23)cc1. The van der Waals surface area contributed by atoms with Crippen LogP contribution < -0.4 is 15.4 Å². The maximum absolute atomic E-state index is 12.3. The Labute approximate surface area is 163 Å². The maximum Gasteiger partial charge on any atom is 0.319 e. The molecule has 2 amide bonds. The molecule has 2 fully saturated rings. The van der Waals surface area contributed by atoms with Crippen molar-refractivity contribution in [2.24, 2.45) is 0 Å². The predicted molar refractivity (Wildman–Crippen MR) is 103 cm³/mol. The van der Waals surface area contributed by atoms with Crippen LogP contribution in [0.25, 0.3) is 0 Å². The van der Waals surface area contributed by atoms with Gasteiger partial charge in [0.2, 0.25) is 0 Å². The molecule has 2 heterocycles. The largest absolute Gasteiger partial charge is 0.497 e. The molecule has 2 aromatic carbocycles. The number of rotatable bonds is 6. The normalized spacial score (nSPS) is 25.9. The molecule has 4 rings (SSSR count). The van der Waals surface area contributed by atoms with Crippen molar-refractivity contribution in [3.8, 4) is 5.75 Å². The average molecular weight is 384 g/mol. The molecule has 2 aromatic rings. The van der Waals surface area contributed by atoms with Gasteiger partial charge in [0.25, 0.3) is 0 Å². The Kier molecular flexibility index (Phi) is 5.76. The minimum atomic E-state index is -0.295. The molecule has 7 nitrogen and oxygen atoms in total. The van der Waals surface area contributed by atoms with Gasteiger partial charge in [-0.15, -0.1) is 0 Å². The maximum atomic E-state index is 12.3. The lowest BCUT2D eigenvalue weighted by atomic mass is 10.1. The fourth-order valence-electron chi connectivity index (χ4n) is 3.52. The summed E-state index contributed by atoms with van der Waals surface area (Å²) in [6, 6.07) is 16.6. The average Bonchev–Trinajstić information content (AvgIpc) is 3.31. The van der Waals surface area contributed by atoms with Gasteiger partial charge in [-0.3, -0.25) is 0 Å². The minimum absolute atomic E-state index is 0.137. The van der Waals surface area contributed by atoms with Gasteiger partial charge in [-0.1, -0.05) is 30.3 Å². The van der Waals surface area contributed by atoms with Crippen LogP contribution in [0.15, 0.2) is 54.6 Å². The van der Waals surface area contributed by atoms with E-state index in [2.05, 4.69) is 10.6 Å². The molecule has 2 aliphatic heterocycles. The molecule has 0 radical (unpaired) electrons. The van der Waals surface area contributed by atoms with Gasteiger partial charge in [-0.05, 0) is 29.8 Å². The molecule has 148 valence electrons. The second-order valence-electron chi connectivity index (χ2n) is 6.86. The molecule has 0 spiro atoms. The number of benzene rings is 2. The van der Waals surface area contributed by atoms with Crippen LogP contribution in [0.5, 0.6) is 5.75 Å². The molecule has 0 bridgehead atoms. The summed E-state index contributed by atoms with van der Waals surface area (Å²) >= 11 is 0. The lowest BCUT2D eigenvalue weighted by Crippen LogP contribution is -2.46. The van der Waals surface area contributed by atoms with Crippen molar-refractivity contribution in [2.75, 3.05) is 25.6 Å². The molecule has 4 atom stereocenters. The van der Waals surface area contributed by atoms with Crippen molar-refractivity contribution in [2.45, 2.75) is 31.0 Å². The fraction of sp³-hybridized carbons (Fsp3) is 0.381. The molecule has 2 saturated heterocycles. The summed E-state index contributed by atoms with van der Waals surface area (Å²) in [5, 5.41) is 5.74. The van der Waals surface area contributed by atoms with Crippen LogP contribution in [0.2, 0.25) is 0 Å². The van der Waals surface area contributed by atoms with Gasteiger partial charge in [0.1, 0.15) is 24.1 Å². The zero-order valence-corrected chi connectivity index (χ0v) is 15.7. The van der Waals surface area contributed by atoms with Crippen LogP contribution in [-0.2, 0) is 20.8 Å². The molecule has 0 aliphatic carbocycles. The number of amides is 2. The number of hydrogen-bond acceptors (Lipinski definition) is 5. The van der Waals surface area contributed by atoms with Crippen molar-refractivity contribution in [1.82, 2.24) is 5.32 Å². The molecule has 4 unspecified atom stereocenters. The van der Waals surface area contributed by atoms with Gasteiger partial charge < -0.3 is 29.6 Å². The summed E-state index contributed by atoms with van der Waals surface area (Å²) in [4.78, 5) is 12.3. The van der Waals surface area contributed by atoms with Crippen molar-refractivity contribution < 1.29 is 23.7 Å². The van der Waals surface area contributed by atoms with Gasteiger partial charge in [0.15, 0.2) is 0 Å². The Morgan fingerprint density at radius 3 is 2.54 bits per heavy atom. The summed E-state index contributed by atoms with van der Waals surface area (Å²) in [6.07, 6.45) is -0.515. The van der Waals surface area contributed by atoms with Gasteiger partial charge in [0.05, 0.1) is 33.0 Å². The molecule has 0 saturated carbocycles. The smallest absolute Gasteiger partial charge is 0.319 e. The zero-order chi connectivity index (χ0) is 19.3. The van der Waals surface area contributed by atoms with E-state index in [1.807, 2.05) is 30.3 Å². The Hall–Kier alpha value is -2.61. The second kappa shape index (κ2) is 8.60. The molecule has 0 aromatic heterocycles. The third kappa shape index (κ3) is 4.27. The van der Waals surface area contributed by atoms with E-state index in [1.165, 1.54) is 0 Å². The Bertz CT molecular complexity index is 783. The lowest BCUT2D eigenvalue weighted by Gasteiger charge is -2.18. The van der Waals surface area contributed by atoms with Gasteiger partial charge >= 0.3 is 6.03 Å². The van der Waals surface area contributed by atoms with E-state index in [0.29, 0.717) is 25.5 Å². The summed E-state index contributed by atoms with van der Waals surface area (Å²) in [5.74, 6) is 0.735. The van der Waals surface area contributed by atoms with E-state index in [-0.39, 0.29) is 30.4 Å². The molecule has 2 N–H and O–H groups in total. The summed E-state index contributed by atoms with van der Waals surface area (Å²) in [7, 11) is 1.60. The summed E-state index contributed by atoms with van der Waals surface area (Å²) in [6.45, 7) is 1.37. The number of fused-ring (bicyclic) bond motifs is 1. The van der Waals surface area contributed by atoms with Crippen LogP contribution in [0.1, 0.15) is 5.56 Å². The lowest BCUT2D eigenvalue weighted by molar-refractivity contribution is -0.0392. The monoisotopic (exact) mass is 384 g/mol. The van der Waals surface area contributed by atoms with E-state index in [9.17, 15) is 4.79 Å². The highest BCUT2D eigenvalue weighted by Crippen LogP contribution is 2.29. The highest BCUT2D eigenvalue weighted by atomic mass is 16.6. The Balaban J connectivity index is 1.27.